The summed E-state index contributed by atoms with van der Waals surface area (Å²) in [6.07, 6.45) is 8.68. The van der Waals surface area contributed by atoms with Crippen molar-refractivity contribution in [2.75, 3.05) is 18.0 Å². The number of carbonyl (C=O) groups is 1. The zero-order valence-corrected chi connectivity index (χ0v) is 19.1. The third kappa shape index (κ3) is 4.75. The summed E-state index contributed by atoms with van der Waals surface area (Å²) in [7, 11) is 0. The van der Waals surface area contributed by atoms with Crippen molar-refractivity contribution < 1.29 is 4.79 Å². The maximum Gasteiger partial charge on any atom is 0.223 e. The molecule has 1 aliphatic rings. The largest absolute Gasteiger partial charge is 0.355 e. The van der Waals surface area contributed by atoms with Crippen LogP contribution in [-0.2, 0) is 11.3 Å². The molecule has 0 atom stereocenters. The Kier molecular flexibility index (Phi) is 6.07. The maximum atomic E-state index is 12.8. The molecule has 0 aromatic carbocycles. The number of hydrogen-bond acceptors (Lipinski definition) is 8. The molecule has 0 radical (unpaired) electrons. The third-order valence-electron chi connectivity index (χ3n) is 5.79. The minimum absolute atomic E-state index is 0.00331. The summed E-state index contributed by atoms with van der Waals surface area (Å²) in [6.45, 7) is 4.04. The molecule has 1 aliphatic heterocycles. The van der Waals surface area contributed by atoms with Crippen LogP contribution in [0.5, 0.6) is 0 Å². The first kappa shape index (κ1) is 21.2. The number of nitrogens with one attached hydrogen (secondary N) is 1. The van der Waals surface area contributed by atoms with Crippen LogP contribution in [-0.4, -0.2) is 48.9 Å². The van der Waals surface area contributed by atoms with E-state index < -0.39 is 0 Å². The second-order valence-electron chi connectivity index (χ2n) is 7.95. The molecule has 5 rings (SSSR count). The number of piperidine rings is 1. The first-order valence-electron chi connectivity index (χ1n) is 10.9. The predicted octanol–water partition coefficient (Wildman–Crippen LogP) is 3.02. The van der Waals surface area contributed by atoms with Gasteiger partial charge in [0.1, 0.15) is 5.01 Å². The molecule has 0 spiro atoms. The van der Waals surface area contributed by atoms with Gasteiger partial charge >= 0.3 is 0 Å². The number of rotatable bonds is 6. The molecule has 0 unspecified atom stereocenters. The van der Waals surface area contributed by atoms with Gasteiger partial charge in [-0.25, -0.2) is 9.67 Å². The van der Waals surface area contributed by atoms with Crippen LogP contribution in [0.4, 0.5) is 5.82 Å². The second-order valence-corrected chi connectivity index (χ2v) is 9.03. The van der Waals surface area contributed by atoms with Crippen LogP contribution in [0.3, 0.4) is 0 Å². The number of amides is 1. The highest BCUT2D eigenvalue weighted by Gasteiger charge is 2.26. The van der Waals surface area contributed by atoms with E-state index in [2.05, 4.69) is 35.5 Å². The minimum atomic E-state index is 0.00331. The summed E-state index contributed by atoms with van der Waals surface area (Å²) in [5, 5.41) is 16.8. The lowest BCUT2D eigenvalue weighted by molar-refractivity contribution is -0.125. The summed E-state index contributed by atoms with van der Waals surface area (Å²) < 4.78 is 1.68. The van der Waals surface area contributed by atoms with Crippen molar-refractivity contribution in [3.8, 4) is 16.4 Å². The normalized spacial score (nSPS) is 14.4. The lowest BCUT2D eigenvalue weighted by Crippen LogP contribution is -2.40. The SMILES string of the molecule is Cc1nc(-c2cccnc2)sc1CNC(=O)C1CCN(c2ccc(-n3cccn3)nn2)CC1. The monoisotopic (exact) mass is 460 g/mol. The molecule has 0 aliphatic carbocycles. The molecular formula is C23H24N8OS. The highest BCUT2D eigenvalue weighted by atomic mass is 32.1. The summed E-state index contributed by atoms with van der Waals surface area (Å²) in [6, 6.07) is 9.61. The van der Waals surface area contributed by atoms with E-state index in [1.54, 1.807) is 28.4 Å². The number of anilines is 1. The Hall–Kier alpha value is -3.66. The van der Waals surface area contributed by atoms with Gasteiger partial charge in [-0.05, 0) is 50.1 Å². The highest BCUT2D eigenvalue weighted by molar-refractivity contribution is 7.15. The molecule has 10 heteroatoms. The summed E-state index contributed by atoms with van der Waals surface area (Å²) in [5.74, 6) is 1.62. The van der Waals surface area contributed by atoms with E-state index in [-0.39, 0.29) is 11.8 Å². The fourth-order valence-corrected chi connectivity index (χ4v) is 4.89. The standard InChI is InChI=1S/C23H24N8OS/c1-16-19(33-23(27-16)18-4-2-9-24-14-18)15-25-22(32)17-7-12-30(13-8-17)20-5-6-21(29-28-20)31-11-3-10-26-31/h2-6,9-11,14,17H,7-8,12-13,15H2,1H3,(H,25,32). The van der Waals surface area contributed by atoms with Crippen molar-refractivity contribution >= 4 is 23.1 Å². The zero-order chi connectivity index (χ0) is 22.6. The van der Waals surface area contributed by atoms with Gasteiger partial charge in [-0.3, -0.25) is 9.78 Å². The number of nitrogens with zero attached hydrogens (tertiary/aromatic N) is 7. The van der Waals surface area contributed by atoms with E-state index in [1.165, 1.54) is 0 Å². The molecule has 1 N–H and O–H groups in total. The van der Waals surface area contributed by atoms with Crippen molar-refractivity contribution in [1.29, 1.82) is 0 Å². The van der Waals surface area contributed by atoms with Crippen molar-refractivity contribution in [3.63, 3.8) is 0 Å². The van der Waals surface area contributed by atoms with Crippen LogP contribution in [0.1, 0.15) is 23.4 Å². The minimum Gasteiger partial charge on any atom is -0.355 e. The van der Waals surface area contributed by atoms with E-state index in [1.807, 2.05) is 49.6 Å². The molecule has 4 aromatic rings. The molecule has 9 nitrogen and oxygen atoms in total. The van der Waals surface area contributed by atoms with Crippen LogP contribution < -0.4 is 10.2 Å². The van der Waals surface area contributed by atoms with Crippen LogP contribution in [0.15, 0.2) is 55.1 Å². The summed E-state index contributed by atoms with van der Waals surface area (Å²) >= 11 is 1.60. The predicted molar refractivity (Wildman–Crippen MR) is 126 cm³/mol. The Labute approximate surface area is 195 Å². The van der Waals surface area contributed by atoms with Gasteiger partial charge in [0.15, 0.2) is 11.6 Å². The van der Waals surface area contributed by atoms with Gasteiger partial charge in [0.2, 0.25) is 5.91 Å². The zero-order valence-electron chi connectivity index (χ0n) is 18.3. The molecule has 0 bridgehead atoms. The van der Waals surface area contributed by atoms with E-state index in [9.17, 15) is 4.79 Å². The number of pyridine rings is 1. The van der Waals surface area contributed by atoms with Crippen molar-refractivity contribution in [2.24, 2.45) is 5.92 Å². The average Bonchev–Trinajstić information content (AvgIpc) is 3.54. The van der Waals surface area contributed by atoms with Crippen LogP contribution in [0, 0.1) is 12.8 Å². The number of aryl methyl sites for hydroxylation is 1. The number of carbonyl (C=O) groups excluding carboxylic acids is 1. The second kappa shape index (κ2) is 9.45. The average molecular weight is 461 g/mol. The Morgan fingerprint density at radius 1 is 1.12 bits per heavy atom. The molecule has 4 aromatic heterocycles. The Morgan fingerprint density at radius 2 is 1.94 bits per heavy atom. The van der Waals surface area contributed by atoms with E-state index in [0.29, 0.717) is 12.4 Å². The van der Waals surface area contributed by atoms with E-state index in [0.717, 1.165) is 52.9 Å². The Balaban J connectivity index is 1.13. The van der Waals surface area contributed by atoms with Gasteiger partial charge in [0.05, 0.1) is 12.2 Å². The highest BCUT2D eigenvalue weighted by Crippen LogP contribution is 2.27. The molecule has 33 heavy (non-hydrogen) atoms. The maximum absolute atomic E-state index is 12.8. The van der Waals surface area contributed by atoms with Crippen LogP contribution in [0.25, 0.3) is 16.4 Å². The molecular weight excluding hydrogens is 436 g/mol. The first-order valence-corrected chi connectivity index (χ1v) is 11.7. The Morgan fingerprint density at radius 3 is 2.64 bits per heavy atom. The smallest absolute Gasteiger partial charge is 0.223 e. The van der Waals surface area contributed by atoms with Crippen LogP contribution in [0.2, 0.25) is 0 Å². The summed E-state index contributed by atoms with van der Waals surface area (Å²) in [4.78, 5) is 24.8. The van der Waals surface area contributed by atoms with Gasteiger partial charge < -0.3 is 10.2 Å². The molecule has 168 valence electrons. The third-order valence-corrected chi connectivity index (χ3v) is 7.00. The van der Waals surface area contributed by atoms with E-state index in [4.69, 9.17) is 0 Å². The van der Waals surface area contributed by atoms with Gasteiger partial charge in [-0.15, -0.1) is 21.5 Å². The van der Waals surface area contributed by atoms with E-state index >= 15 is 0 Å². The molecule has 1 saturated heterocycles. The van der Waals surface area contributed by atoms with Crippen molar-refractivity contribution in [1.82, 2.24) is 35.3 Å². The number of thiazole rings is 1. The van der Waals surface area contributed by atoms with Gasteiger partial charge in [0.25, 0.3) is 0 Å². The molecule has 5 heterocycles. The quantitative estimate of drug-likeness (QED) is 0.472. The fourth-order valence-electron chi connectivity index (χ4n) is 3.90. The fraction of sp³-hybridized carbons (Fsp3) is 0.304. The van der Waals surface area contributed by atoms with Gasteiger partial charge in [0, 0.05) is 54.2 Å². The Bertz CT molecular complexity index is 1200. The summed E-state index contributed by atoms with van der Waals surface area (Å²) in [5.41, 5.74) is 1.95. The molecule has 1 amide bonds. The molecule has 0 saturated carbocycles. The van der Waals surface area contributed by atoms with Gasteiger partial charge in [-0.2, -0.15) is 5.10 Å². The van der Waals surface area contributed by atoms with Crippen LogP contribution >= 0.6 is 11.3 Å². The lowest BCUT2D eigenvalue weighted by Gasteiger charge is -2.31. The lowest BCUT2D eigenvalue weighted by atomic mass is 9.96. The first-order chi connectivity index (χ1) is 16.2. The topological polar surface area (TPSA) is 102 Å². The number of hydrogen-bond donors (Lipinski definition) is 1. The molecule has 1 fully saturated rings. The van der Waals surface area contributed by atoms with Gasteiger partial charge in [-0.1, -0.05) is 0 Å². The van der Waals surface area contributed by atoms with Crippen molar-refractivity contribution in [2.45, 2.75) is 26.3 Å². The van der Waals surface area contributed by atoms with Crippen molar-refractivity contribution in [3.05, 3.63) is 65.7 Å². The number of aromatic nitrogens is 6.